The molecule has 0 aliphatic carbocycles. The summed E-state index contributed by atoms with van der Waals surface area (Å²) in [6.45, 7) is 4.81. The van der Waals surface area contributed by atoms with Crippen molar-refractivity contribution in [1.82, 2.24) is 9.80 Å². The van der Waals surface area contributed by atoms with Crippen LogP contribution in [0.3, 0.4) is 0 Å². The molecule has 0 aromatic heterocycles. The van der Waals surface area contributed by atoms with Crippen molar-refractivity contribution in [3.8, 4) is 5.75 Å². The third-order valence-electron chi connectivity index (χ3n) is 4.01. The van der Waals surface area contributed by atoms with E-state index in [1.807, 2.05) is 12.1 Å². The summed E-state index contributed by atoms with van der Waals surface area (Å²) in [5, 5.41) is 0. The number of rotatable bonds is 7. The summed E-state index contributed by atoms with van der Waals surface area (Å²) in [5.74, 6) is 0.953. The molecule has 1 atom stereocenters. The molecule has 2 N–H and O–H groups in total. The zero-order valence-corrected chi connectivity index (χ0v) is 12.7. The van der Waals surface area contributed by atoms with Crippen molar-refractivity contribution < 1.29 is 4.74 Å². The number of likely N-dealkylation sites (N-methyl/N-ethyl adjacent to an activating group) is 1. The second-order valence-electron chi connectivity index (χ2n) is 5.74. The topological polar surface area (TPSA) is 41.7 Å². The zero-order chi connectivity index (χ0) is 14.4. The Morgan fingerprint density at radius 1 is 1.30 bits per heavy atom. The van der Waals surface area contributed by atoms with E-state index in [4.69, 9.17) is 10.5 Å². The van der Waals surface area contributed by atoms with Crippen LogP contribution in [0.25, 0.3) is 0 Å². The molecule has 20 heavy (non-hydrogen) atoms. The van der Waals surface area contributed by atoms with Gasteiger partial charge >= 0.3 is 0 Å². The lowest BCUT2D eigenvalue weighted by molar-refractivity contribution is 0.220. The molecule has 4 nitrogen and oxygen atoms in total. The maximum Gasteiger partial charge on any atom is 0.119 e. The fourth-order valence-electron chi connectivity index (χ4n) is 2.65. The number of likely N-dealkylation sites (tertiary alicyclic amines) is 1. The third-order valence-corrected chi connectivity index (χ3v) is 4.01. The molecule has 1 aromatic carbocycles. The molecule has 2 rings (SSSR count). The van der Waals surface area contributed by atoms with E-state index in [0.717, 1.165) is 31.9 Å². The average molecular weight is 277 g/mol. The maximum absolute atomic E-state index is 5.81. The molecule has 1 aromatic rings. The smallest absolute Gasteiger partial charge is 0.119 e. The molecule has 4 heteroatoms. The fourth-order valence-corrected chi connectivity index (χ4v) is 2.65. The Hall–Kier alpha value is -1.10. The lowest BCUT2D eigenvalue weighted by atomic mass is 10.1. The Balaban J connectivity index is 1.68. The van der Waals surface area contributed by atoms with Crippen LogP contribution in [0.4, 0.5) is 0 Å². The molecule has 0 bridgehead atoms. The van der Waals surface area contributed by atoms with Gasteiger partial charge < -0.3 is 15.4 Å². The first-order valence-corrected chi connectivity index (χ1v) is 7.49. The van der Waals surface area contributed by atoms with Gasteiger partial charge in [0.1, 0.15) is 12.4 Å². The Morgan fingerprint density at radius 3 is 2.65 bits per heavy atom. The molecule has 0 saturated carbocycles. The summed E-state index contributed by atoms with van der Waals surface area (Å²) in [7, 11) is 4.32. The summed E-state index contributed by atoms with van der Waals surface area (Å²) in [6, 6.07) is 8.97. The van der Waals surface area contributed by atoms with Crippen LogP contribution in [-0.2, 0) is 6.42 Å². The number of nitrogens with zero attached hydrogens (tertiary/aromatic N) is 2. The second kappa shape index (κ2) is 7.62. The van der Waals surface area contributed by atoms with E-state index >= 15 is 0 Å². The van der Waals surface area contributed by atoms with Crippen LogP contribution in [0, 0.1) is 0 Å². The van der Waals surface area contributed by atoms with E-state index in [1.54, 1.807) is 0 Å². The van der Waals surface area contributed by atoms with E-state index in [2.05, 4.69) is 36.0 Å². The molecular formula is C16H27N3O. The molecule has 1 saturated heterocycles. The van der Waals surface area contributed by atoms with Crippen molar-refractivity contribution in [3.05, 3.63) is 29.8 Å². The first kappa shape index (κ1) is 15.3. The van der Waals surface area contributed by atoms with Crippen LogP contribution in [0.5, 0.6) is 5.75 Å². The first-order chi connectivity index (χ1) is 9.69. The van der Waals surface area contributed by atoms with Gasteiger partial charge in [0.05, 0.1) is 0 Å². The van der Waals surface area contributed by atoms with Crippen LogP contribution in [-0.4, -0.2) is 62.7 Å². The van der Waals surface area contributed by atoms with Crippen LogP contribution in [0.2, 0.25) is 0 Å². The lowest BCUT2D eigenvalue weighted by Gasteiger charge is -2.20. The molecule has 112 valence electrons. The van der Waals surface area contributed by atoms with Crippen molar-refractivity contribution in [2.75, 3.05) is 46.9 Å². The Morgan fingerprint density at radius 2 is 2.05 bits per heavy atom. The summed E-state index contributed by atoms with van der Waals surface area (Å²) in [5.41, 5.74) is 6.81. The lowest BCUT2D eigenvalue weighted by Crippen LogP contribution is -2.33. The predicted octanol–water partition coefficient (Wildman–Crippen LogP) is 1.20. The van der Waals surface area contributed by atoms with E-state index in [-0.39, 0.29) is 0 Å². The number of ether oxygens (including phenoxy) is 1. The Kier molecular flexibility index (Phi) is 5.83. The number of hydrogen-bond donors (Lipinski definition) is 1. The normalized spacial score (nSPS) is 19.7. The quantitative estimate of drug-likeness (QED) is 0.813. The van der Waals surface area contributed by atoms with Crippen LogP contribution in [0.15, 0.2) is 24.3 Å². The highest BCUT2D eigenvalue weighted by Gasteiger charge is 2.23. The van der Waals surface area contributed by atoms with Crippen LogP contribution < -0.4 is 10.5 Å². The maximum atomic E-state index is 5.81. The van der Waals surface area contributed by atoms with Gasteiger partial charge in [0.2, 0.25) is 0 Å². The molecule has 1 aliphatic rings. The predicted molar refractivity (Wildman–Crippen MR) is 83.2 cm³/mol. The molecule has 1 heterocycles. The summed E-state index contributed by atoms with van der Waals surface area (Å²) < 4.78 is 5.81. The SMILES string of the molecule is CN(C)[C@@H]1CCN(CCOc2ccc(CCN)cc2)C1. The standard InChI is InChI=1S/C16H27N3O/c1-18(2)15-8-10-19(13-15)11-12-20-16-5-3-14(4-6-16)7-9-17/h3-6,15H,7-13,17H2,1-2H3/t15-/m1/s1. The molecule has 0 amide bonds. The zero-order valence-electron chi connectivity index (χ0n) is 12.7. The van der Waals surface area contributed by atoms with Gasteiger partial charge in [0.15, 0.2) is 0 Å². The van der Waals surface area contributed by atoms with E-state index in [9.17, 15) is 0 Å². The second-order valence-corrected chi connectivity index (χ2v) is 5.74. The minimum Gasteiger partial charge on any atom is -0.492 e. The van der Waals surface area contributed by atoms with Gasteiger partial charge in [0, 0.05) is 19.1 Å². The van der Waals surface area contributed by atoms with Crippen LogP contribution in [0.1, 0.15) is 12.0 Å². The van der Waals surface area contributed by atoms with Gasteiger partial charge in [-0.05, 0) is 57.7 Å². The van der Waals surface area contributed by atoms with E-state index in [0.29, 0.717) is 12.6 Å². The summed E-state index contributed by atoms with van der Waals surface area (Å²) >= 11 is 0. The number of hydrogen-bond acceptors (Lipinski definition) is 4. The molecule has 0 spiro atoms. The van der Waals surface area contributed by atoms with Gasteiger partial charge in [-0.1, -0.05) is 12.1 Å². The molecule has 0 unspecified atom stereocenters. The number of nitrogens with two attached hydrogens (primary N) is 1. The molecule has 1 aliphatic heterocycles. The van der Waals surface area contributed by atoms with Gasteiger partial charge in [-0.25, -0.2) is 0 Å². The minimum atomic E-state index is 0.697. The van der Waals surface area contributed by atoms with Gasteiger partial charge in [-0.3, -0.25) is 4.90 Å². The average Bonchev–Trinajstić information content (AvgIpc) is 2.90. The molecule has 1 fully saturated rings. The van der Waals surface area contributed by atoms with Crippen molar-refractivity contribution in [3.63, 3.8) is 0 Å². The van der Waals surface area contributed by atoms with E-state index in [1.165, 1.54) is 18.5 Å². The largest absolute Gasteiger partial charge is 0.492 e. The first-order valence-electron chi connectivity index (χ1n) is 7.49. The third kappa shape index (κ3) is 4.47. The fraction of sp³-hybridized carbons (Fsp3) is 0.625. The summed E-state index contributed by atoms with van der Waals surface area (Å²) in [6.07, 6.45) is 2.20. The van der Waals surface area contributed by atoms with Crippen molar-refractivity contribution in [2.24, 2.45) is 5.73 Å². The highest BCUT2D eigenvalue weighted by atomic mass is 16.5. The van der Waals surface area contributed by atoms with E-state index < -0.39 is 0 Å². The molecule has 0 radical (unpaired) electrons. The molecular weight excluding hydrogens is 250 g/mol. The summed E-state index contributed by atoms with van der Waals surface area (Å²) in [4.78, 5) is 4.80. The highest BCUT2D eigenvalue weighted by molar-refractivity contribution is 5.27. The van der Waals surface area contributed by atoms with Crippen LogP contribution >= 0.6 is 0 Å². The minimum absolute atomic E-state index is 0.697. The number of benzene rings is 1. The van der Waals surface area contributed by atoms with Gasteiger partial charge in [-0.15, -0.1) is 0 Å². The van der Waals surface area contributed by atoms with Crippen molar-refractivity contribution in [2.45, 2.75) is 18.9 Å². The van der Waals surface area contributed by atoms with Gasteiger partial charge in [0.25, 0.3) is 0 Å². The van der Waals surface area contributed by atoms with Crippen molar-refractivity contribution in [1.29, 1.82) is 0 Å². The highest BCUT2D eigenvalue weighted by Crippen LogP contribution is 2.14. The Bertz CT molecular complexity index is 391. The van der Waals surface area contributed by atoms with Gasteiger partial charge in [-0.2, -0.15) is 0 Å². The Labute approximate surface area is 122 Å². The monoisotopic (exact) mass is 277 g/mol. The van der Waals surface area contributed by atoms with Crippen molar-refractivity contribution >= 4 is 0 Å².